The Morgan fingerprint density at radius 1 is 1.47 bits per heavy atom. The van der Waals surface area contributed by atoms with E-state index < -0.39 is 5.60 Å². The Morgan fingerprint density at radius 2 is 2.21 bits per heavy atom. The minimum Gasteiger partial charge on any atom is -0.383 e. The molecule has 1 N–H and O–H groups in total. The van der Waals surface area contributed by atoms with Crippen molar-refractivity contribution in [2.75, 3.05) is 13.2 Å². The maximum absolute atomic E-state index is 11.6. The normalized spacial score (nSPS) is 18.4. The van der Waals surface area contributed by atoms with Crippen LogP contribution in [0.4, 0.5) is 0 Å². The lowest BCUT2D eigenvalue weighted by atomic mass is 9.83. The van der Waals surface area contributed by atoms with Crippen LogP contribution in [0, 0.1) is 0 Å². The number of hydrogen-bond donors (Lipinski definition) is 1. The van der Waals surface area contributed by atoms with E-state index in [1.807, 2.05) is 6.92 Å². The number of ketones is 1. The quantitative estimate of drug-likeness (QED) is 0.833. The molecule has 1 fully saturated rings. The third-order valence-electron chi connectivity index (χ3n) is 3.50. The number of carbonyl (C=O) groups excluding carboxylic acids is 1. The summed E-state index contributed by atoms with van der Waals surface area (Å²) in [6.07, 6.45) is 6.29. The van der Waals surface area contributed by atoms with Gasteiger partial charge in [0.2, 0.25) is 0 Å². The Kier molecular flexibility index (Phi) is 4.66. The third-order valence-corrected chi connectivity index (χ3v) is 3.50. The van der Waals surface area contributed by atoms with Gasteiger partial charge < -0.3 is 9.84 Å². The van der Waals surface area contributed by atoms with E-state index in [0.29, 0.717) is 12.3 Å². The van der Waals surface area contributed by atoms with Gasteiger partial charge in [0.1, 0.15) is 24.4 Å². The van der Waals surface area contributed by atoms with Gasteiger partial charge in [-0.05, 0) is 19.8 Å². The summed E-state index contributed by atoms with van der Waals surface area (Å²) >= 11 is 0. The van der Waals surface area contributed by atoms with Crippen molar-refractivity contribution >= 4 is 5.78 Å². The molecule has 1 aromatic rings. The molecule has 1 aromatic heterocycles. The molecule has 0 unspecified atom stereocenters. The monoisotopic (exact) mass is 267 g/mol. The van der Waals surface area contributed by atoms with Crippen LogP contribution in [0.15, 0.2) is 6.20 Å². The van der Waals surface area contributed by atoms with E-state index in [9.17, 15) is 9.90 Å². The highest BCUT2D eigenvalue weighted by Gasteiger charge is 2.34. The van der Waals surface area contributed by atoms with Crippen LogP contribution in [-0.2, 0) is 21.7 Å². The average Bonchev–Trinajstić information content (AvgIpc) is 2.86. The fraction of sp³-hybridized carbons (Fsp3) is 0.769. The first-order valence-corrected chi connectivity index (χ1v) is 6.86. The number of aromatic nitrogens is 3. The van der Waals surface area contributed by atoms with Gasteiger partial charge in [-0.15, -0.1) is 5.10 Å². The molecule has 0 spiro atoms. The van der Waals surface area contributed by atoms with E-state index in [1.165, 1.54) is 4.68 Å². The summed E-state index contributed by atoms with van der Waals surface area (Å²) in [7, 11) is 0. The molecule has 0 saturated heterocycles. The van der Waals surface area contributed by atoms with Crippen LogP contribution in [0.1, 0.15) is 44.7 Å². The van der Waals surface area contributed by atoms with Crippen LogP contribution in [0.5, 0.6) is 0 Å². The molecule has 1 aliphatic carbocycles. The molecule has 2 rings (SSSR count). The Morgan fingerprint density at radius 3 is 2.89 bits per heavy atom. The summed E-state index contributed by atoms with van der Waals surface area (Å²) in [5.74, 6) is -0.0473. The molecule has 0 radical (unpaired) electrons. The minimum absolute atomic E-state index is 0.0473. The second-order valence-corrected chi connectivity index (χ2v) is 5.07. The lowest BCUT2D eigenvalue weighted by Gasteiger charge is -2.29. The topological polar surface area (TPSA) is 77.2 Å². The van der Waals surface area contributed by atoms with E-state index in [-0.39, 0.29) is 18.9 Å². The first-order valence-electron chi connectivity index (χ1n) is 6.86. The summed E-state index contributed by atoms with van der Waals surface area (Å²) in [6.45, 7) is 2.60. The smallest absolute Gasteiger partial charge is 0.179 e. The molecule has 0 aliphatic heterocycles. The molecular weight excluding hydrogens is 246 g/mol. The van der Waals surface area contributed by atoms with Crippen LogP contribution >= 0.6 is 0 Å². The zero-order valence-electron chi connectivity index (χ0n) is 11.3. The third kappa shape index (κ3) is 3.61. The Bertz CT molecular complexity index is 425. The maximum atomic E-state index is 11.6. The van der Waals surface area contributed by atoms with Gasteiger partial charge in [0.05, 0.1) is 6.20 Å². The Balaban J connectivity index is 1.96. The van der Waals surface area contributed by atoms with Crippen molar-refractivity contribution < 1.29 is 14.6 Å². The average molecular weight is 267 g/mol. The predicted octanol–water partition coefficient (Wildman–Crippen LogP) is 1.04. The van der Waals surface area contributed by atoms with Gasteiger partial charge in [0.25, 0.3) is 0 Å². The molecule has 0 amide bonds. The highest BCUT2D eigenvalue weighted by molar-refractivity contribution is 5.79. The van der Waals surface area contributed by atoms with Crippen molar-refractivity contribution in [3.05, 3.63) is 11.9 Å². The molecule has 1 saturated carbocycles. The van der Waals surface area contributed by atoms with E-state index in [1.54, 1.807) is 6.20 Å². The number of hydrogen-bond acceptors (Lipinski definition) is 5. The summed E-state index contributed by atoms with van der Waals surface area (Å²) in [5, 5.41) is 18.4. The highest BCUT2D eigenvalue weighted by atomic mass is 16.5. The summed E-state index contributed by atoms with van der Waals surface area (Å²) in [4.78, 5) is 11.6. The molecule has 106 valence electrons. The number of aliphatic hydroxyl groups is 1. The van der Waals surface area contributed by atoms with E-state index >= 15 is 0 Å². The number of Topliss-reactive ketones (excluding diaryl/α,β-unsaturated/α-hetero) is 1. The molecule has 19 heavy (non-hydrogen) atoms. The fourth-order valence-electron chi connectivity index (χ4n) is 2.42. The SMILES string of the molecule is CCOCC(=O)Cn1cc(C2(O)CCCCC2)nn1. The largest absolute Gasteiger partial charge is 0.383 e. The van der Waals surface area contributed by atoms with Crippen LogP contribution in [-0.4, -0.2) is 39.1 Å². The van der Waals surface area contributed by atoms with E-state index in [4.69, 9.17) is 4.74 Å². The van der Waals surface area contributed by atoms with Gasteiger partial charge in [0.15, 0.2) is 5.78 Å². The van der Waals surface area contributed by atoms with Gasteiger partial charge in [-0.1, -0.05) is 24.5 Å². The maximum Gasteiger partial charge on any atom is 0.179 e. The summed E-state index contributed by atoms with van der Waals surface area (Å²) in [6, 6.07) is 0. The van der Waals surface area contributed by atoms with Gasteiger partial charge >= 0.3 is 0 Å². The number of carbonyl (C=O) groups is 1. The second-order valence-electron chi connectivity index (χ2n) is 5.07. The first-order chi connectivity index (χ1) is 9.14. The van der Waals surface area contributed by atoms with Crippen molar-refractivity contribution in [1.29, 1.82) is 0 Å². The van der Waals surface area contributed by atoms with Crippen LogP contribution in [0.3, 0.4) is 0 Å². The fourth-order valence-corrected chi connectivity index (χ4v) is 2.42. The van der Waals surface area contributed by atoms with Crippen molar-refractivity contribution in [1.82, 2.24) is 15.0 Å². The Labute approximate surface area is 112 Å². The molecule has 1 heterocycles. The van der Waals surface area contributed by atoms with Crippen molar-refractivity contribution in [3.8, 4) is 0 Å². The van der Waals surface area contributed by atoms with Crippen molar-refractivity contribution in [3.63, 3.8) is 0 Å². The van der Waals surface area contributed by atoms with E-state index in [2.05, 4.69) is 10.3 Å². The predicted molar refractivity (Wildman–Crippen MR) is 68.5 cm³/mol. The molecular formula is C13H21N3O3. The minimum atomic E-state index is -0.862. The standard InChI is InChI=1S/C13H21N3O3/c1-2-19-10-11(17)8-16-9-12(14-15-16)13(18)6-4-3-5-7-13/h9,18H,2-8,10H2,1H3. The molecule has 0 atom stereocenters. The lowest BCUT2D eigenvalue weighted by molar-refractivity contribution is -0.124. The van der Waals surface area contributed by atoms with Gasteiger partial charge in [0, 0.05) is 6.61 Å². The lowest BCUT2D eigenvalue weighted by Crippen LogP contribution is -2.28. The molecule has 6 heteroatoms. The Hall–Kier alpha value is -1.27. The van der Waals surface area contributed by atoms with Crippen LogP contribution in [0.25, 0.3) is 0 Å². The zero-order valence-corrected chi connectivity index (χ0v) is 11.3. The molecule has 6 nitrogen and oxygen atoms in total. The molecule has 0 aromatic carbocycles. The second kappa shape index (κ2) is 6.25. The van der Waals surface area contributed by atoms with Gasteiger partial charge in [-0.25, -0.2) is 4.68 Å². The van der Waals surface area contributed by atoms with E-state index in [0.717, 1.165) is 32.1 Å². The number of ether oxygens (including phenoxy) is 1. The number of rotatable bonds is 6. The van der Waals surface area contributed by atoms with Gasteiger partial charge in [-0.2, -0.15) is 0 Å². The highest BCUT2D eigenvalue weighted by Crippen LogP contribution is 2.35. The zero-order chi connectivity index (χ0) is 13.7. The number of nitrogens with zero attached hydrogens (tertiary/aromatic N) is 3. The van der Waals surface area contributed by atoms with Crippen molar-refractivity contribution in [2.24, 2.45) is 0 Å². The molecule has 1 aliphatic rings. The molecule has 0 bridgehead atoms. The van der Waals surface area contributed by atoms with Gasteiger partial charge in [-0.3, -0.25) is 4.79 Å². The summed E-state index contributed by atoms with van der Waals surface area (Å²) < 4.78 is 6.53. The summed E-state index contributed by atoms with van der Waals surface area (Å²) in [5.41, 5.74) is -0.282. The first kappa shape index (κ1) is 14.1. The van der Waals surface area contributed by atoms with Crippen molar-refractivity contribution in [2.45, 2.75) is 51.2 Å². The van der Waals surface area contributed by atoms with Crippen LogP contribution < -0.4 is 0 Å². The van der Waals surface area contributed by atoms with Crippen LogP contribution in [0.2, 0.25) is 0 Å².